The van der Waals surface area contributed by atoms with Crippen molar-refractivity contribution in [2.24, 2.45) is 0 Å². The molecule has 0 saturated heterocycles. The molecule has 5 heteroatoms. The molecule has 20 heavy (non-hydrogen) atoms. The van der Waals surface area contributed by atoms with Crippen LogP contribution in [0.3, 0.4) is 0 Å². The minimum absolute atomic E-state index is 0.113. The number of halogens is 2. The summed E-state index contributed by atoms with van der Waals surface area (Å²) >= 11 is 6.04. The second kappa shape index (κ2) is 5.23. The molecule has 0 bridgehead atoms. The minimum Gasteiger partial charge on any atom is -0.325 e. The molecule has 0 saturated carbocycles. The van der Waals surface area contributed by atoms with Crippen LogP contribution < -0.4 is 10.6 Å². The van der Waals surface area contributed by atoms with Gasteiger partial charge in [-0.25, -0.2) is 4.39 Å². The lowest BCUT2D eigenvalue weighted by molar-refractivity contribution is -0.115. The fraction of sp³-hybridized carbons (Fsp3) is 0.133. The first-order valence-electron chi connectivity index (χ1n) is 6.21. The lowest BCUT2D eigenvalue weighted by atomic mass is 9.97. The fourth-order valence-electron chi connectivity index (χ4n) is 2.34. The molecular formula is C15H12ClFN2O. The van der Waals surface area contributed by atoms with Gasteiger partial charge in [0.2, 0.25) is 5.91 Å². The second-order valence-corrected chi connectivity index (χ2v) is 5.08. The van der Waals surface area contributed by atoms with Gasteiger partial charge in [0, 0.05) is 10.7 Å². The van der Waals surface area contributed by atoms with Gasteiger partial charge in [0.15, 0.2) is 0 Å². The highest BCUT2D eigenvalue weighted by atomic mass is 35.5. The SMILES string of the molecule is O=C1CNC(c2ccc(F)cc2)c2cc(Cl)ccc2N1. The third-order valence-corrected chi connectivity index (χ3v) is 3.50. The van der Waals surface area contributed by atoms with E-state index in [9.17, 15) is 9.18 Å². The van der Waals surface area contributed by atoms with Gasteiger partial charge in [0.1, 0.15) is 5.82 Å². The number of amides is 1. The molecular weight excluding hydrogens is 279 g/mol. The number of carbonyl (C=O) groups is 1. The first kappa shape index (κ1) is 13.1. The van der Waals surface area contributed by atoms with E-state index in [4.69, 9.17) is 11.6 Å². The summed E-state index contributed by atoms with van der Waals surface area (Å²) in [7, 11) is 0. The van der Waals surface area contributed by atoms with Crippen molar-refractivity contribution < 1.29 is 9.18 Å². The van der Waals surface area contributed by atoms with Crippen LogP contribution in [0.2, 0.25) is 5.02 Å². The minimum atomic E-state index is -0.289. The topological polar surface area (TPSA) is 41.1 Å². The Labute approximate surface area is 120 Å². The Hall–Kier alpha value is -1.91. The number of nitrogens with one attached hydrogen (secondary N) is 2. The Bertz CT molecular complexity index is 657. The molecule has 2 aromatic carbocycles. The molecule has 1 unspecified atom stereocenters. The van der Waals surface area contributed by atoms with Gasteiger partial charge < -0.3 is 5.32 Å². The van der Waals surface area contributed by atoms with Crippen LogP contribution in [0.15, 0.2) is 42.5 Å². The molecule has 0 spiro atoms. The first-order valence-corrected chi connectivity index (χ1v) is 6.59. The van der Waals surface area contributed by atoms with Gasteiger partial charge in [-0.15, -0.1) is 0 Å². The maximum absolute atomic E-state index is 13.0. The molecule has 3 nitrogen and oxygen atoms in total. The van der Waals surface area contributed by atoms with Gasteiger partial charge in [0.25, 0.3) is 0 Å². The number of benzene rings is 2. The summed E-state index contributed by atoms with van der Waals surface area (Å²) in [5.74, 6) is -0.402. The summed E-state index contributed by atoms with van der Waals surface area (Å²) in [6, 6.07) is 11.3. The molecule has 102 valence electrons. The number of carbonyl (C=O) groups excluding carboxylic acids is 1. The maximum Gasteiger partial charge on any atom is 0.238 e. The van der Waals surface area contributed by atoms with E-state index in [1.807, 2.05) is 6.07 Å². The van der Waals surface area contributed by atoms with E-state index < -0.39 is 0 Å². The quantitative estimate of drug-likeness (QED) is 0.847. The van der Waals surface area contributed by atoms with Crippen LogP contribution in [-0.4, -0.2) is 12.5 Å². The summed E-state index contributed by atoms with van der Waals surface area (Å²) in [5, 5.41) is 6.58. The number of rotatable bonds is 1. The molecule has 3 rings (SSSR count). The van der Waals surface area contributed by atoms with Crippen molar-refractivity contribution in [1.82, 2.24) is 5.32 Å². The summed E-state index contributed by atoms with van der Waals surface area (Å²) < 4.78 is 13.0. The molecule has 1 amide bonds. The summed E-state index contributed by atoms with van der Waals surface area (Å²) in [6.07, 6.45) is 0. The van der Waals surface area contributed by atoms with Gasteiger partial charge >= 0.3 is 0 Å². The smallest absolute Gasteiger partial charge is 0.238 e. The van der Waals surface area contributed by atoms with E-state index in [1.54, 1.807) is 24.3 Å². The summed E-state index contributed by atoms with van der Waals surface area (Å²) in [4.78, 5) is 11.7. The van der Waals surface area contributed by atoms with E-state index in [0.29, 0.717) is 5.02 Å². The lowest BCUT2D eigenvalue weighted by Gasteiger charge is -2.18. The monoisotopic (exact) mass is 290 g/mol. The Morgan fingerprint density at radius 2 is 1.90 bits per heavy atom. The first-order chi connectivity index (χ1) is 9.63. The van der Waals surface area contributed by atoms with Crippen LogP contribution in [-0.2, 0) is 4.79 Å². The summed E-state index contributed by atoms with van der Waals surface area (Å²) in [5.41, 5.74) is 2.47. The molecule has 1 aliphatic rings. The van der Waals surface area contributed by atoms with Crippen LogP contribution in [0.5, 0.6) is 0 Å². The molecule has 0 fully saturated rings. The van der Waals surface area contributed by atoms with Crippen LogP contribution in [0.25, 0.3) is 0 Å². The second-order valence-electron chi connectivity index (χ2n) is 4.65. The Kier molecular flexibility index (Phi) is 3.42. The lowest BCUT2D eigenvalue weighted by Crippen LogP contribution is -2.27. The predicted molar refractivity (Wildman–Crippen MR) is 76.3 cm³/mol. The van der Waals surface area contributed by atoms with E-state index in [-0.39, 0.29) is 24.3 Å². The Morgan fingerprint density at radius 3 is 2.65 bits per heavy atom. The van der Waals surface area contributed by atoms with Gasteiger partial charge in [-0.3, -0.25) is 10.1 Å². The molecule has 1 atom stereocenters. The fourth-order valence-corrected chi connectivity index (χ4v) is 2.52. The highest BCUT2D eigenvalue weighted by Gasteiger charge is 2.23. The van der Waals surface area contributed by atoms with Gasteiger partial charge in [-0.1, -0.05) is 23.7 Å². The zero-order chi connectivity index (χ0) is 14.1. The van der Waals surface area contributed by atoms with Crippen molar-refractivity contribution in [3.8, 4) is 0 Å². The average molecular weight is 291 g/mol. The summed E-state index contributed by atoms with van der Waals surface area (Å²) in [6.45, 7) is 0.189. The molecule has 2 N–H and O–H groups in total. The van der Waals surface area contributed by atoms with Gasteiger partial charge in [-0.2, -0.15) is 0 Å². The molecule has 2 aromatic rings. The van der Waals surface area contributed by atoms with Crippen molar-refractivity contribution in [3.63, 3.8) is 0 Å². The van der Waals surface area contributed by atoms with E-state index >= 15 is 0 Å². The highest BCUT2D eigenvalue weighted by molar-refractivity contribution is 6.30. The van der Waals surface area contributed by atoms with Crippen LogP contribution in [0, 0.1) is 5.82 Å². The van der Waals surface area contributed by atoms with Crippen molar-refractivity contribution in [2.45, 2.75) is 6.04 Å². The van der Waals surface area contributed by atoms with Gasteiger partial charge in [-0.05, 0) is 41.5 Å². The zero-order valence-corrected chi connectivity index (χ0v) is 11.2. The normalized spacial score (nSPS) is 18.1. The van der Waals surface area contributed by atoms with Crippen LogP contribution >= 0.6 is 11.6 Å². The molecule has 1 aliphatic heterocycles. The molecule has 1 heterocycles. The van der Waals surface area contributed by atoms with Crippen molar-refractivity contribution >= 4 is 23.2 Å². The largest absolute Gasteiger partial charge is 0.325 e. The molecule has 0 aliphatic carbocycles. The number of hydrogen-bond donors (Lipinski definition) is 2. The van der Waals surface area contributed by atoms with Gasteiger partial charge in [0.05, 0.1) is 12.6 Å². The molecule has 0 aromatic heterocycles. The van der Waals surface area contributed by atoms with E-state index in [2.05, 4.69) is 10.6 Å². The Balaban J connectivity index is 2.09. The zero-order valence-electron chi connectivity index (χ0n) is 10.5. The van der Waals surface area contributed by atoms with Crippen molar-refractivity contribution in [2.75, 3.05) is 11.9 Å². The third-order valence-electron chi connectivity index (χ3n) is 3.27. The number of hydrogen-bond acceptors (Lipinski definition) is 2. The van der Waals surface area contributed by atoms with Crippen molar-refractivity contribution in [1.29, 1.82) is 0 Å². The predicted octanol–water partition coefficient (Wildman–Crippen LogP) is 3.11. The average Bonchev–Trinajstić information content (AvgIpc) is 2.58. The van der Waals surface area contributed by atoms with Crippen LogP contribution in [0.1, 0.15) is 17.2 Å². The van der Waals surface area contributed by atoms with Crippen molar-refractivity contribution in [3.05, 3.63) is 64.4 Å². The van der Waals surface area contributed by atoms with E-state index in [0.717, 1.165) is 16.8 Å². The van der Waals surface area contributed by atoms with Crippen LogP contribution in [0.4, 0.5) is 10.1 Å². The third kappa shape index (κ3) is 2.53. The highest BCUT2D eigenvalue weighted by Crippen LogP contribution is 2.32. The Morgan fingerprint density at radius 1 is 1.15 bits per heavy atom. The standard InChI is InChI=1S/C15H12ClFN2O/c16-10-3-6-13-12(7-10)15(18-8-14(20)19-13)9-1-4-11(17)5-2-9/h1-7,15,18H,8H2,(H,19,20). The number of anilines is 1. The number of fused-ring (bicyclic) bond motifs is 1. The van der Waals surface area contributed by atoms with E-state index in [1.165, 1.54) is 12.1 Å². The maximum atomic E-state index is 13.0. The molecule has 0 radical (unpaired) electrons.